The summed E-state index contributed by atoms with van der Waals surface area (Å²) < 4.78 is 13.5. The lowest BCUT2D eigenvalue weighted by Gasteiger charge is -2.32. The maximum absolute atomic E-state index is 15.4. The molecule has 8 rings (SSSR count). The van der Waals surface area contributed by atoms with Crippen LogP contribution in [0, 0.1) is 13.8 Å². The van der Waals surface area contributed by atoms with Gasteiger partial charge in [-0.1, -0.05) is 80.4 Å². The molecule has 392 valence electrons. The number of carbonyl (C=O) groups excluding carboxylic acids is 6. The van der Waals surface area contributed by atoms with E-state index in [-0.39, 0.29) is 43.9 Å². The number of likely N-dealkylation sites (N-methyl/N-ethyl adjacent to an activating group) is 1. The SMILES string of the molecule is CNCC(=O)NC1CN(C(=O)c2cc(C)c(C(=O)N(CC(C=O)NC(=O)CN)c3ccccc3N(C)Cc3c(OC)ccc4cc(Br)ccc34)cc2C)c2ccccc2N(Cc2c(OC)ccc3cc(Br)ccc23)C1=O. The number of nitrogens with two attached hydrogens (primary N) is 1. The van der Waals surface area contributed by atoms with E-state index in [1.54, 1.807) is 88.5 Å². The number of methoxy groups -OCH3 is 2. The van der Waals surface area contributed by atoms with Crippen molar-refractivity contribution in [2.24, 2.45) is 5.73 Å². The molecule has 18 heteroatoms. The number of anilines is 4. The van der Waals surface area contributed by atoms with Crippen molar-refractivity contribution in [3.63, 3.8) is 0 Å². The van der Waals surface area contributed by atoms with Crippen molar-refractivity contribution < 1.29 is 38.2 Å². The van der Waals surface area contributed by atoms with E-state index in [0.29, 0.717) is 58.2 Å². The molecule has 16 nitrogen and oxygen atoms in total. The van der Waals surface area contributed by atoms with Gasteiger partial charge in [-0.25, -0.2) is 0 Å². The number of nitrogens with zero attached hydrogens (tertiary/aromatic N) is 4. The van der Waals surface area contributed by atoms with Crippen molar-refractivity contribution in [2.75, 3.05) is 74.1 Å². The zero-order valence-corrected chi connectivity index (χ0v) is 46.1. The number of aryl methyl sites for hydroxylation is 2. The minimum atomic E-state index is -1.18. The van der Waals surface area contributed by atoms with Crippen molar-refractivity contribution >= 4 is 112 Å². The number of nitrogens with one attached hydrogen (secondary N) is 3. The second-order valence-electron chi connectivity index (χ2n) is 18.5. The maximum Gasteiger partial charge on any atom is 0.258 e. The third-order valence-corrected chi connectivity index (χ3v) is 14.5. The number of hydrogen-bond donors (Lipinski definition) is 4. The lowest BCUT2D eigenvalue weighted by Crippen LogP contribution is -2.54. The molecule has 0 saturated heterocycles. The summed E-state index contributed by atoms with van der Waals surface area (Å²) in [4.78, 5) is 90.8. The molecule has 0 saturated carbocycles. The Morgan fingerprint density at radius 3 is 1.96 bits per heavy atom. The molecule has 5 N–H and O–H groups in total. The van der Waals surface area contributed by atoms with Crippen LogP contribution in [0.15, 0.2) is 130 Å². The first kappa shape index (κ1) is 54.6. The number of carbonyl (C=O) groups is 6. The summed E-state index contributed by atoms with van der Waals surface area (Å²) in [6, 6.07) is 34.9. The zero-order valence-electron chi connectivity index (χ0n) is 42.9. The smallest absolute Gasteiger partial charge is 0.258 e. The number of rotatable bonds is 18. The quantitative estimate of drug-likeness (QED) is 0.0609. The second-order valence-corrected chi connectivity index (χ2v) is 20.3. The van der Waals surface area contributed by atoms with Gasteiger partial charge in [0.15, 0.2) is 0 Å². The van der Waals surface area contributed by atoms with Gasteiger partial charge in [-0.15, -0.1) is 0 Å². The Morgan fingerprint density at radius 2 is 1.34 bits per heavy atom. The number of amides is 5. The first-order valence-electron chi connectivity index (χ1n) is 24.4. The third kappa shape index (κ3) is 11.4. The van der Waals surface area contributed by atoms with E-state index in [9.17, 15) is 19.2 Å². The highest BCUT2D eigenvalue weighted by atomic mass is 79.9. The molecule has 1 aliphatic heterocycles. The molecule has 2 unspecified atom stereocenters. The molecular formula is C58H58Br2N8O8. The van der Waals surface area contributed by atoms with E-state index in [0.717, 1.165) is 41.6 Å². The number of hydrogen-bond acceptors (Lipinski definition) is 11. The Kier molecular flexibility index (Phi) is 17.2. The van der Waals surface area contributed by atoms with Crippen molar-refractivity contribution in [3.8, 4) is 11.5 Å². The number of ether oxygens (including phenoxy) is 2. The van der Waals surface area contributed by atoms with Crippen LogP contribution in [-0.2, 0) is 32.3 Å². The summed E-state index contributed by atoms with van der Waals surface area (Å²) in [5.41, 5.74) is 10.6. The van der Waals surface area contributed by atoms with Crippen LogP contribution in [0.25, 0.3) is 21.5 Å². The van der Waals surface area contributed by atoms with Crippen LogP contribution in [0.5, 0.6) is 11.5 Å². The van der Waals surface area contributed by atoms with Crippen molar-refractivity contribution in [1.82, 2.24) is 16.0 Å². The Hall–Kier alpha value is -7.64. The largest absolute Gasteiger partial charge is 0.496 e. The molecule has 5 amide bonds. The van der Waals surface area contributed by atoms with Crippen molar-refractivity contribution in [3.05, 3.63) is 164 Å². The van der Waals surface area contributed by atoms with Gasteiger partial charge in [-0.3, -0.25) is 24.0 Å². The lowest BCUT2D eigenvalue weighted by atomic mass is 9.97. The second kappa shape index (κ2) is 23.9. The Labute approximate surface area is 457 Å². The average Bonchev–Trinajstić information content (AvgIpc) is 3.56. The molecular weight excluding hydrogens is 1100 g/mol. The van der Waals surface area contributed by atoms with Crippen molar-refractivity contribution in [1.29, 1.82) is 0 Å². The Bertz CT molecular complexity index is 3410. The summed E-state index contributed by atoms with van der Waals surface area (Å²) >= 11 is 7.15. The first-order chi connectivity index (χ1) is 36.6. The van der Waals surface area contributed by atoms with E-state index in [1.165, 1.54) is 9.80 Å². The summed E-state index contributed by atoms with van der Waals surface area (Å²) in [7, 11) is 6.70. The molecule has 1 aliphatic rings. The van der Waals surface area contributed by atoms with Gasteiger partial charge in [0.1, 0.15) is 29.9 Å². The molecule has 1 heterocycles. The Balaban J connectivity index is 1.18. The van der Waals surface area contributed by atoms with E-state index < -0.39 is 41.6 Å². The third-order valence-electron chi connectivity index (χ3n) is 13.5. The number of halogens is 2. The number of aldehydes is 1. The molecule has 0 aliphatic carbocycles. The molecule has 0 radical (unpaired) electrons. The van der Waals surface area contributed by atoms with Crippen LogP contribution in [0.1, 0.15) is 43.0 Å². The number of benzene rings is 7. The lowest BCUT2D eigenvalue weighted by molar-refractivity contribution is -0.126. The molecule has 0 aromatic heterocycles. The van der Waals surface area contributed by atoms with Crippen LogP contribution in [0.2, 0.25) is 0 Å². The van der Waals surface area contributed by atoms with E-state index >= 15 is 9.59 Å². The van der Waals surface area contributed by atoms with Gasteiger partial charge < -0.3 is 55.6 Å². The van der Waals surface area contributed by atoms with Gasteiger partial charge in [0, 0.05) is 44.8 Å². The van der Waals surface area contributed by atoms with Gasteiger partial charge in [0.05, 0.1) is 69.7 Å². The monoisotopic (exact) mass is 1150 g/mol. The minimum absolute atomic E-state index is 0.0408. The number of para-hydroxylation sites is 4. The molecule has 76 heavy (non-hydrogen) atoms. The first-order valence-corrected chi connectivity index (χ1v) is 26.0. The molecule has 0 bridgehead atoms. The normalized spacial score (nSPS) is 13.6. The summed E-state index contributed by atoms with van der Waals surface area (Å²) in [6.45, 7) is 2.91. The van der Waals surface area contributed by atoms with E-state index in [2.05, 4.69) is 47.8 Å². The zero-order chi connectivity index (χ0) is 54.4. The van der Waals surface area contributed by atoms with Gasteiger partial charge in [0.2, 0.25) is 11.8 Å². The molecule has 0 fully saturated rings. The predicted octanol–water partition coefficient (Wildman–Crippen LogP) is 7.98. The van der Waals surface area contributed by atoms with Gasteiger partial charge in [-0.05, 0) is 126 Å². The predicted molar refractivity (Wildman–Crippen MR) is 305 cm³/mol. The Morgan fingerprint density at radius 1 is 0.763 bits per heavy atom. The maximum atomic E-state index is 15.4. The number of fused-ring (bicyclic) bond motifs is 3. The molecule has 7 aromatic carbocycles. The standard InChI is InChI=1S/C58H58Br2N8O8/c1-34-24-44(57(73)68-32-47(64-55(71)28-62-3)58(74)67(50-13-9-10-14-51(50)68)31-46-42-20-18-39(60)26-37(42)16-22-53(46)76-6)35(2)23-43(34)56(72)66(29-40(33-69)63-54(70)27-61)49-12-8-7-11-48(49)65(4)30-45-41-19-17-38(59)25-36(41)15-21-52(45)75-5/h7-26,33,40,47,62H,27-32,61H2,1-6H3,(H,63,70)(H,64,71). The van der Waals surface area contributed by atoms with Gasteiger partial charge in [-0.2, -0.15) is 0 Å². The highest BCUT2D eigenvalue weighted by molar-refractivity contribution is 9.10. The van der Waals surface area contributed by atoms with Crippen LogP contribution in [-0.4, -0.2) is 102 Å². The van der Waals surface area contributed by atoms with Crippen molar-refractivity contribution in [2.45, 2.75) is 39.0 Å². The summed E-state index contributed by atoms with van der Waals surface area (Å²) in [6.07, 6.45) is 0.566. The highest BCUT2D eigenvalue weighted by Gasteiger charge is 2.38. The highest BCUT2D eigenvalue weighted by Crippen LogP contribution is 2.40. The summed E-state index contributed by atoms with van der Waals surface area (Å²) in [5, 5.41) is 12.1. The molecule has 2 atom stereocenters. The van der Waals surface area contributed by atoms with Crippen LogP contribution in [0.3, 0.4) is 0 Å². The van der Waals surface area contributed by atoms with Gasteiger partial charge in [0.25, 0.3) is 17.7 Å². The van der Waals surface area contributed by atoms with Gasteiger partial charge >= 0.3 is 0 Å². The van der Waals surface area contributed by atoms with Crippen LogP contribution < -0.4 is 50.8 Å². The van der Waals surface area contributed by atoms with E-state index in [4.69, 9.17) is 15.2 Å². The van der Waals surface area contributed by atoms with Crippen LogP contribution >= 0.6 is 31.9 Å². The fourth-order valence-corrected chi connectivity index (χ4v) is 10.6. The molecule has 7 aromatic rings. The minimum Gasteiger partial charge on any atom is -0.496 e. The molecule has 0 spiro atoms. The average molecular weight is 1150 g/mol. The summed E-state index contributed by atoms with van der Waals surface area (Å²) in [5.74, 6) is -1.22. The fraction of sp³-hybridized carbons (Fsp3) is 0.241. The fourth-order valence-electron chi connectivity index (χ4n) is 9.79. The van der Waals surface area contributed by atoms with E-state index in [1.807, 2.05) is 84.7 Å². The van der Waals surface area contributed by atoms with Crippen LogP contribution in [0.4, 0.5) is 22.7 Å². The topological polar surface area (TPSA) is 196 Å².